The lowest BCUT2D eigenvalue weighted by Gasteiger charge is -1.96. The van der Waals surface area contributed by atoms with Crippen molar-refractivity contribution >= 4 is 15.9 Å². The van der Waals surface area contributed by atoms with Crippen molar-refractivity contribution in [3.8, 4) is 0 Å². The minimum atomic E-state index is 0.421. The van der Waals surface area contributed by atoms with Crippen LogP contribution in [0, 0.1) is 5.92 Å². The first kappa shape index (κ1) is 7.61. The second-order valence-corrected chi connectivity index (χ2v) is 3.33. The molecule has 2 N–H and O–H groups in total. The molecule has 2 heteroatoms. The molecule has 0 aliphatic heterocycles. The lowest BCUT2D eigenvalue weighted by Crippen LogP contribution is -1.94. The SMILES string of the molecule is CC1C=C(N)C=CC(Br)=C1. The van der Waals surface area contributed by atoms with Gasteiger partial charge in [0, 0.05) is 10.2 Å². The van der Waals surface area contributed by atoms with E-state index >= 15 is 0 Å². The third-order valence-corrected chi connectivity index (χ3v) is 1.84. The summed E-state index contributed by atoms with van der Waals surface area (Å²) in [5, 5.41) is 0. The van der Waals surface area contributed by atoms with Crippen LogP contribution in [-0.4, -0.2) is 0 Å². The van der Waals surface area contributed by atoms with E-state index in [1.165, 1.54) is 0 Å². The Morgan fingerprint density at radius 2 is 2.10 bits per heavy atom. The number of halogens is 1. The molecule has 54 valence electrons. The summed E-state index contributed by atoms with van der Waals surface area (Å²) in [5.41, 5.74) is 6.44. The molecule has 1 nitrogen and oxygen atoms in total. The number of rotatable bonds is 0. The molecule has 1 unspecified atom stereocenters. The smallest absolute Gasteiger partial charge is 0.0279 e. The Morgan fingerprint density at radius 1 is 1.40 bits per heavy atom. The Kier molecular flexibility index (Phi) is 2.33. The number of allylic oxidation sites excluding steroid dienone is 5. The van der Waals surface area contributed by atoms with E-state index in [4.69, 9.17) is 5.73 Å². The predicted octanol–water partition coefficient (Wildman–Crippen LogP) is 2.31. The summed E-state index contributed by atoms with van der Waals surface area (Å²) < 4.78 is 1.09. The predicted molar refractivity (Wildman–Crippen MR) is 47.6 cm³/mol. The second-order valence-electron chi connectivity index (χ2n) is 2.41. The zero-order valence-corrected chi connectivity index (χ0v) is 7.43. The van der Waals surface area contributed by atoms with E-state index in [-0.39, 0.29) is 0 Å². The van der Waals surface area contributed by atoms with Crippen molar-refractivity contribution in [2.45, 2.75) is 6.92 Å². The molecule has 0 heterocycles. The molecule has 0 aromatic rings. The van der Waals surface area contributed by atoms with Crippen LogP contribution in [0.25, 0.3) is 0 Å². The van der Waals surface area contributed by atoms with Gasteiger partial charge in [0.25, 0.3) is 0 Å². The van der Waals surface area contributed by atoms with Gasteiger partial charge in [0.05, 0.1) is 0 Å². The highest BCUT2D eigenvalue weighted by atomic mass is 79.9. The molecule has 0 aromatic carbocycles. The average Bonchev–Trinajstić information content (AvgIpc) is 1.93. The van der Waals surface area contributed by atoms with Crippen molar-refractivity contribution in [2.24, 2.45) is 11.7 Å². The van der Waals surface area contributed by atoms with E-state index in [0.717, 1.165) is 10.2 Å². The molecular weight excluding hydrogens is 190 g/mol. The standard InChI is InChI=1S/C8H10BrN/c1-6-4-7(9)2-3-8(10)5-6/h2-6H,10H2,1H3. The van der Waals surface area contributed by atoms with E-state index in [1.54, 1.807) is 0 Å². The molecule has 0 fully saturated rings. The Hall–Kier alpha value is -0.500. The summed E-state index contributed by atoms with van der Waals surface area (Å²) in [6.45, 7) is 2.10. The maximum atomic E-state index is 5.61. The van der Waals surface area contributed by atoms with Crippen molar-refractivity contribution in [3.05, 3.63) is 34.5 Å². The lowest BCUT2D eigenvalue weighted by molar-refractivity contribution is 0.930. The van der Waals surface area contributed by atoms with Gasteiger partial charge in [-0.25, -0.2) is 0 Å². The van der Waals surface area contributed by atoms with Crippen LogP contribution in [-0.2, 0) is 0 Å². The van der Waals surface area contributed by atoms with E-state index in [2.05, 4.69) is 28.9 Å². The van der Waals surface area contributed by atoms with Gasteiger partial charge >= 0.3 is 0 Å². The van der Waals surface area contributed by atoms with Crippen molar-refractivity contribution in [2.75, 3.05) is 0 Å². The highest BCUT2D eigenvalue weighted by molar-refractivity contribution is 9.11. The third kappa shape index (κ3) is 2.03. The topological polar surface area (TPSA) is 26.0 Å². The molecule has 1 aliphatic carbocycles. The Labute approximate surface area is 69.4 Å². The van der Waals surface area contributed by atoms with Gasteiger partial charge in [0.15, 0.2) is 0 Å². The molecule has 1 rings (SSSR count). The Balaban J connectivity index is 2.87. The van der Waals surface area contributed by atoms with Gasteiger partial charge in [-0.05, 0) is 18.1 Å². The summed E-state index contributed by atoms with van der Waals surface area (Å²) in [7, 11) is 0. The summed E-state index contributed by atoms with van der Waals surface area (Å²) in [4.78, 5) is 0. The van der Waals surface area contributed by atoms with Crippen molar-refractivity contribution < 1.29 is 0 Å². The Bertz CT molecular complexity index is 191. The van der Waals surface area contributed by atoms with Crippen LogP contribution in [0.2, 0.25) is 0 Å². The Morgan fingerprint density at radius 3 is 2.80 bits per heavy atom. The third-order valence-electron chi connectivity index (χ3n) is 1.31. The van der Waals surface area contributed by atoms with Crippen LogP contribution in [0.3, 0.4) is 0 Å². The van der Waals surface area contributed by atoms with Gasteiger partial charge in [-0.3, -0.25) is 0 Å². The normalized spacial score (nSPS) is 25.2. The summed E-state index contributed by atoms with van der Waals surface area (Å²) in [6.07, 6.45) is 7.97. The first-order chi connectivity index (χ1) is 4.68. The van der Waals surface area contributed by atoms with Gasteiger partial charge in [0.2, 0.25) is 0 Å². The van der Waals surface area contributed by atoms with Gasteiger partial charge < -0.3 is 5.73 Å². The fourth-order valence-electron chi connectivity index (χ4n) is 0.890. The minimum absolute atomic E-state index is 0.421. The van der Waals surface area contributed by atoms with Gasteiger partial charge in [0.1, 0.15) is 0 Å². The van der Waals surface area contributed by atoms with Crippen LogP contribution in [0.15, 0.2) is 34.5 Å². The summed E-state index contributed by atoms with van der Waals surface area (Å²) >= 11 is 3.39. The molecule has 1 atom stereocenters. The second kappa shape index (κ2) is 3.06. The highest BCUT2D eigenvalue weighted by Gasteiger charge is 1.98. The summed E-state index contributed by atoms with van der Waals surface area (Å²) in [6, 6.07) is 0. The lowest BCUT2D eigenvalue weighted by atomic mass is 10.1. The van der Waals surface area contributed by atoms with Crippen LogP contribution in [0.1, 0.15) is 6.92 Å². The van der Waals surface area contributed by atoms with Crippen LogP contribution >= 0.6 is 15.9 Å². The molecule has 10 heavy (non-hydrogen) atoms. The van der Waals surface area contributed by atoms with Crippen molar-refractivity contribution in [1.82, 2.24) is 0 Å². The van der Waals surface area contributed by atoms with E-state index in [0.29, 0.717) is 5.92 Å². The monoisotopic (exact) mass is 199 g/mol. The summed E-state index contributed by atoms with van der Waals surface area (Å²) in [5.74, 6) is 0.421. The van der Waals surface area contributed by atoms with E-state index in [9.17, 15) is 0 Å². The van der Waals surface area contributed by atoms with E-state index < -0.39 is 0 Å². The molecular formula is C8H10BrN. The first-order valence-electron chi connectivity index (χ1n) is 3.21. The van der Waals surface area contributed by atoms with Crippen molar-refractivity contribution in [3.63, 3.8) is 0 Å². The fraction of sp³-hybridized carbons (Fsp3) is 0.250. The maximum absolute atomic E-state index is 5.61. The molecule has 0 bridgehead atoms. The van der Waals surface area contributed by atoms with Gasteiger partial charge in [-0.2, -0.15) is 0 Å². The highest BCUT2D eigenvalue weighted by Crippen LogP contribution is 2.16. The molecule has 1 aliphatic rings. The zero-order chi connectivity index (χ0) is 7.56. The maximum Gasteiger partial charge on any atom is 0.0279 e. The van der Waals surface area contributed by atoms with Crippen LogP contribution < -0.4 is 5.73 Å². The van der Waals surface area contributed by atoms with Crippen molar-refractivity contribution in [1.29, 1.82) is 0 Å². The minimum Gasteiger partial charge on any atom is -0.399 e. The zero-order valence-electron chi connectivity index (χ0n) is 5.84. The number of hydrogen-bond acceptors (Lipinski definition) is 1. The fourth-order valence-corrected chi connectivity index (χ4v) is 1.44. The first-order valence-corrected chi connectivity index (χ1v) is 4.00. The van der Waals surface area contributed by atoms with Crippen LogP contribution in [0.5, 0.6) is 0 Å². The quantitative estimate of drug-likeness (QED) is 0.637. The van der Waals surface area contributed by atoms with Crippen LogP contribution in [0.4, 0.5) is 0 Å². The molecule has 0 spiro atoms. The average molecular weight is 200 g/mol. The molecule has 0 saturated carbocycles. The van der Waals surface area contributed by atoms with Gasteiger partial charge in [-0.1, -0.05) is 35.0 Å². The molecule has 0 amide bonds. The molecule has 0 saturated heterocycles. The van der Waals surface area contributed by atoms with E-state index in [1.807, 2.05) is 18.2 Å². The largest absolute Gasteiger partial charge is 0.399 e. The number of nitrogens with two attached hydrogens (primary N) is 1. The number of hydrogen-bond donors (Lipinski definition) is 1. The molecule has 0 radical (unpaired) electrons. The molecule has 0 aromatic heterocycles. The van der Waals surface area contributed by atoms with Gasteiger partial charge in [-0.15, -0.1) is 0 Å².